The fourth-order valence-corrected chi connectivity index (χ4v) is 3.08. The second kappa shape index (κ2) is 9.31. The lowest BCUT2D eigenvalue weighted by molar-refractivity contribution is -0.142. The summed E-state index contributed by atoms with van der Waals surface area (Å²) in [6.07, 6.45) is 13.8. The third-order valence-corrected chi connectivity index (χ3v) is 4.54. The average Bonchev–Trinajstić information content (AvgIpc) is 3.25. The molecule has 126 valence electrons. The Morgan fingerprint density at radius 1 is 1.00 bits per heavy atom. The number of ether oxygens (including phenoxy) is 2. The van der Waals surface area contributed by atoms with Gasteiger partial charge in [-0.1, -0.05) is 44.9 Å². The molecule has 0 aliphatic carbocycles. The molecule has 0 spiro atoms. The molecule has 2 heterocycles. The van der Waals surface area contributed by atoms with E-state index in [1.54, 1.807) is 6.08 Å². The second-order valence-electron chi connectivity index (χ2n) is 6.65. The molecular weight excluding hydrogens is 280 g/mol. The van der Waals surface area contributed by atoms with Crippen molar-refractivity contribution in [2.24, 2.45) is 0 Å². The molecule has 4 heteroatoms. The van der Waals surface area contributed by atoms with Crippen LogP contribution in [0.15, 0.2) is 12.2 Å². The molecule has 0 saturated carbocycles. The van der Waals surface area contributed by atoms with Gasteiger partial charge in [0.25, 0.3) is 0 Å². The third kappa shape index (κ3) is 6.49. The highest BCUT2D eigenvalue weighted by Gasteiger charge is 2.42. The number of esters is 1. The summed E-state index contributed by atoms with van der Waals surface area (Å²) in [5.41, 5.74) is 0. The number of aliphatic hydroxyl groups excluding tert-OH is 1. The molecule has 0 unspecified atom stereocenters. The smallest absolute Gasteiger partial charge is 0.330 e. The normalized spacial score (nSPS) is 37.3. The number of carbonyl (C=O) groups excluding carboxylic acids is 1. The van der Waals surface area contributed by atoms with Crippen molar-refractivity contribution in [2.45, 2.75) is 95.5 Å². The number of fused-ring (bicyclic) bond motifs is 1. The molecule has 1 fully saturated rings. The highest BCUT2D eigenvalue weighted by molar-refractivity contribution is 5.82. The summed E-state index contributed by atoms with van der Waals surface area (Å²) in [4.78, 5) is 11.7. The molecule has 4 atom stereocenters. The van der Waals surface area contributed by atoms with Gasteiger partial charge in [-0.2, -0.15) is 0 Å². The van der Waals surface area contributed by atoms with E-state index in [0.29, 0.717) is 0 Å². The Kier molecular flexibility index (Phi) is 7.40. The molecule has 4 nitrogen and oxygen atoms in total. The van der Waals surface area contributed by atoms with E-state index in [1.807, 2.05) is 6.92 Å². The first-order valence-electron chi connectivity index (χ1n) is 8.89. The molecule has 0 aromatic heterocycles. The van der Waals surface area contributed by atoms with Crippen LogP contribution in [0.25, 0.3) is 0 Å². The number of aliphatic hydroxyl groups is 1. The number of rotatable bonds is 0. The molecule has 2 aliphatic heterocycles. The molecule has 0 aromatic carbocycles. The highest BCUT2D eigenvalue weighted by atomic mass is 16.6. The molecule has 2 rings (SSSR count). The maximum atomic E-state index is 11.7. The van der Waals surface area contributed by atoms with Crippen LogP contribution in [0.4, 0.5) is 0 Å². The Morgan fingerprint density at radius 3 is 2.27 bits per heavy atom. The maximum absolute atomic E-state index is 11.7. The molecule has 1 N–H and O–H groups in total. The van der Waals surface area contributed by atoms with E-state index < -0.39 is 6.10 Å². The summed E-state index contributed by atoms with van der Waals surface area (Å²) in [7, 11) is 0. The van der Waals surface area contributed by atoms with Gasteiger partial charge in [-0.15, -0.1) is 0 Å². The van der Waals surface area contributed by atoms with Gasteiger partial charge in [0.2, 0.25) is 0 Å². The number of hydrogen-bond acceptors (Lipinski definition) is 4. The third-order valence-electron chi connectivity index (χ3n) is 4.54. The van der Waals surface area contributed by atoms with Gasteiger partial charge in [0.15, 0.2) is 0 Å². The van der Waals surface area contributed by atoms with E-state index in [-0.39, 0.29) is 24.3 Å². The minimum absolute atomic E-state index is 0.0301. The van der Waals surface area contributed by atoms with Crippen molar-refractivity contribution < 1.29 is 19.4 Å². The van der Waals surface area contributed by atoms with E-state index in [4.69, 9.17) is 9.47 Å². The van der Waals surface area contributed by atoms with E-state index >= 15 is 0 Å². The van der Waals surface area contributed by atoms with Gasteiger partial charge in [0.1, 0.15) is 12.2 Å². The first-order valence-corrected chi connectivity index (χ1v) is 8.89. The van der Waals surface area contributed by atoms with Crippen LogP contribution >= 0.6 is 0 Å². The molecule has 1 saturated heterocycles. The van der Waals surface area contributed by atoms with Gasteiger partial charge in [0, 0.05) is 6.08 Å². The topological polar surface area (TPSA) is 59.1 Å². The fourth-order valence-electron chi connectivity index (χ4n) is 3.08. The van der Waals surface area contributed by atoms with E-state index in [0.717, 1.165) is 25.7 Å². The van der Waals surface area contributed by atoms with E-state index in [1.165, 1.54) is 44.6 Å². The number of cyclic esters (lactones) is 1. The number of carbonyl (C=O) groups is 1. The monoisotopic (exact) mass is 310 g/mol. The van der Waals surface area contributed by atoms with E-state index in [2.05, 4.69) is 0 Å². The Hall–Kier alpha value is -0.870. The van der Waals surface area contributed by atoms with Crippen LogP contribution in [0.1, 0.15) is 71.1 Å². The number of epoxide rings is 1. The summed E-state index contributed by atoms with van der Waals surface area (Å²) in [6.45, 7) is 1.95. The van der Waals surface area contributed by atoms with Crippen molar-refractivity contribution in [1.82, 2.24) is 0 Å². The Morgan fingerprint density at radius 2 is 1.59 bits per heavy atom. The molecule has 22 heavy (non-hydrogen) atoms. The summed E-state index contributed by atoms with van der Waals surface area (Å²) in [5.74, 6) is -0.308. The lowest BCUT2D eigenvalue weighted by Gasteiger charge is -2.11. The van der Waals surface area contributed by atoms with Gasteiger partial charge in [0.05, 0.1) is 12.2 Å². The Labute approximate surface area is 133 Å². The summed E-state index contributed by atoms with van der Waals surface area (Å²) in [6, 6.07) is 0. The summed E-state index contributed by atoms with van der Waals surface area (Å²) in [5, 5.41) is 10.0. The van der Waals surface area contributed by atoms with Crippen LogP contribution in [-0.2, 0) is 14.3 Å². The van der Waals surface area contributed by atoms with Crippen LogP contribution < -0.4 is 0 Å². The minimum atomic E-state index is -0.413. The van der Waals surface area contributed by atoms with Gasteiger partial charge in [-0.25, -0.2) is 4.79 Å². The van der Waals surface area contributed by atoms with Crippen LogP contribution in [0, 0.1) is 0 Å². The minimum Gasteiger partial charge on any atom is -0.460 e. The van der Waals surface area contributed by atoms with Gasteiger partial charge < -0.3 is 14.6 Å². The fraction of sp³-hybridized carbons (Fsp3) is 0.833. The molecule has 0 bridgehead atoms. The molecule has 0 amide bonds. The first kappa shape index (κ1) is 17.5. The van der Waals surface area contributed by atoms with E-state index in [9.17, 15) is 9.90 Å². The lowest BCUT2D eigenvalue weighted by Crippen LogP contribution is -2.16. The zero-order valence-corrected chi connectivity index (χ0v) is 13.7. The van der Waals surface area contributed by atoms with Gasteiger partial charge in [-0.3, -0.25) is 0 Å². The van der Waals surface area contributed by atoms with Crippen molar-refractivity contribution in [1.29, 1.82) is 0 Å². The standard InChI is InChI=1S/C18H30O4/c1-14-10-8-6-4-2-3-5-7-9-11-15(19)18-16(22-18)12-13-17(20)21-14/h12-16,18-19H,2-11H2,1H3/b13-12+/t14-,15+,16+,18+/m0/s1. The van der Waals surface area contributed by atoms with Crippen molar-refractivity contribution in [3.8, 4) is 0 Å². The van der Waals surface area contributed by atoms with Crippen LogP contribution in [0.2, 0.25) is 0 Å². The average molecular weight is 310 g/mol. The van der Waals surface area contributed by atoms with Crippen LogP contribution in [-0.4, -0.2) is 35.5 Å². The molecule has 0 radical (unpaired) electrons. The zero-order chi connectivity index (χ0) is 15.8. The molecule has 2 aliphatic rings. The molecular formula is C18H30O4. The zero-order valence-electron chi connectivity index (χ0n) is 13.7. The molecule has 0 aromatic rings. The van der Waals surface area contributed by atoms with Gasteiger partial charge in [-0.05, 0) is 32.3 Å². The van der Waals surface area contributed by atoms with Crippen molar-refractivity contribution in [2.75, 3.05) is 0 Å². The predicted molar refractivity (Wildman–Crippen MR) is 85.5 cm³/mol. The lowest BCUT2D eigenvalue weighted by atomic mass is 10.0. The van der Waals surface area contributed by atoms with Gasteiger partial charge >= 0.3 is 5.97 Å². The maximum Gasteiger partial charge on any atom is 0.330 e. The number of hydrogen-bond donors (Lipinski definition) is 1. The van der Waals surface area contributed by atoms with Crippen LogP contribution in [0.5, 0.6) is 0 Å². The largest absolute Gasteiger partial charge is 0.460 e. The SMILES string of the molecule is C[C@H]1CCCCCCCCCC[C@@H](O)[C@H]2O[C@@H]2/C=C/C(=O)O1. The Balaban J connectivity index is 1.80. The predicted octanol–water partition coefficient (Wildman–Crippen LogP) is 3.52. The summed E-state index contributed by atoms with van der Waals surface area (Å²) < 4.78 is 10.8. The summed E-state index contributed by atoms with van der Waals surface area (Å²) >= 11 is 0. The second-order valence-corrected chi connectivity index (χ2v) is 6.65. The highest BCUT2D eigenvalue weighted by Crippen LogP contribution is 2.29. The van der Waals surface area contributed by atoms with Crippen LogP contribution in [0.3, 0.4) is 0 Å². The van der Waals surface area contributed by atoms with Crippen molar-refractivity contribution in [3.05, 3.63) is 12.2 Å². The first-order chi connectivity index (χ1) is 10.7. The Bertz CT molecular complexity index is 366. The van der Waals surface area contributed by atoms with Crippen molar-refractivity contribution >= 4 is 5.97 Å². The quantitative estimate of drug-likeness (QED) is 0.549. The van der Waals surface area contributed by atoms with Crippen molar-refractivity contribution in [3.63, 3.8) is 0 Å².